The summed E-state index contributed by atoms with van der Waals surface area (Å²) in [5.41, 5.74) is 0.393. The predicted octanol–water partition coefficient (Wildman–Crippen LogP) is 0.641. The fourth-order valence-electron chi connectivity index (χ4n) is 2.09. The van der Waals surface area contributed by atoms with Gasteiger partial charge < -0.3 is 19.7 Å². The SMILES string of the molecule is O=C1CN(C(=O)c2cc(Cl)c3c(c2)OCO3)CCN1. The Morgan fingerprint density at radius 2 is 2.21 bits per heavy atom. The normalized spacial score (nSPS) is 17.3. The van der Waals surface area contributed by atoms with Crippen LogP contribution in [0.4, 0.5) is 0 Å². The van der Waals surface area contributed by atoms with Crippen molar-refractivity contribution in [2.45, 2.75) is 0 Å². The van der Waals surface area contributed by atoms with Gasteiger partial charge in [-0.25, -0.2) is 0 Å². The summed E-state index contributed by atoms with van der Waals surface area (Å²) in [6.45, 7) is 1.10. The van der Waals surface area contributed by atoms with E-state index in [9.17, 15) is 9.59 Å². The van der Waals surface area contributed by atoms with Crippen molar-refractivity contribution in [1.29, 1.82) is 0 Å². The van der Waals surface area contributed by atoms with Gasteiger partial charge in [0.05, 0.1) is 11.6 Å². The van der Waals surface area contributed by atoms with Crippen molar-refractivity contribution in [3.63, 3.8) is 0 Å². The van der Waals surface area contributed by atoms with Crippen LogP contribution in [0.1, 0.15) is 10.4 Å². The number of nitrogens with zero attached hydrogens (tertiary/aromatic N) is 1. The Balaban J connectivity index is 1.87. The molecule has 1 N–H and O–H groups in total. The molecule has 6 nitrogen and oxygen atoms in total. The smallest absolute Gasteiger partial charge is 0.254 e. The lowest BCUT2D eigenvalue weighted by Gasteiger charge is -2.26. The first-order chi connectivity index (χ1) is 9.15. The fraction of sp³-hybridized carbons (Fsp3) is 0.333. The van der Waals surface area contributed by atoms with E-state index >= 15 is 0 Å². The number of carbonyl (C=O) groups is 2. The predicted molar refractivity (Wildman–Crippen MR) is 66.5 cm³/mol. The van der Waals surface area contributed by atoms with Crippen LogP contribution in [-0.2, 0) is 4.79 Å². The van der Waals surface area contributed by atoms with Gasteiger partial charge in [0.15, 0.2) is 11.5 Å². The van der Waals surface area contributed by atoms with Crippen LogP contribution in [-0.4, -0.2) is 43.1 Å². The Hall–Kier alpha value is -1.95. The van der Waals surface area contributed by atoms with Gasteiger partial charge >= 0.3 is 0 Å². The number of halogens is 1. The average Bonchev–Trinajstić information content (AvgIpc) is 2.86. The summed E-state index contributed by atoms with van der Waals surface area (Å²) >= 11 is 6.03. The molecule has 19 heavy (non-hydrogen) atoms. The standard InChI is InChI=1S/C12H11ClN2O4/c13-8-3-7(4-9-11(8)19-6-18-9)12(17)15-2-1-14-10(16)5-15/h3-4H,1-2,5-6H2,(H,14,16). The number of rotatable bonds is 1. The lowest BCUT2D eigenvalue weighted by Crippen LogP contribution is -2.49. The van der Waals surface area contributed by atoms with Crippen LogP contribution < -0.4 is 14.8 Å². The summed E-state index contributed by atoms with van der Waals surface area (Å²) < 4.78 is 10.4. The summed E-state index contributed by atoms with van der Waals surface area (Å²) in [6, 6.07) is 3.12. The molecule has 0 bridgehead atoms. The number of amides is 2. The highest BCUT2D eigenvalue weighted by molar-refractivity contribution is 6.32. The summed E-state index contributed by atoms with van der Waals surface area (Å²) in [7, 11) is 0. The Bertz CT molecular complexity index is 561. The molecule has 0 aliphatic carbocycles. The fourth-order valence-corrected chi connectivity index (χ4v) is 2.35. The number of hydrogen-bond donors (Lipinski definition) is 1. The van der Waals surface area contributed by atoms with Crippen molar-refractivity contribution in [2.75, 3.05) is 26.4 Å². The molecule has 2 heterocycles. The molecule has 2 amide bonds. The van der Waals surface area contributed by atoms with E-state index in [1.54, 1.807) is 6.07 Å². The molecule has 7 heteroatoms. The van der Waals surface area contributed by atoms with Gasteiger partial charge in [0.2, 0.25) is 12.7 Å². The Morgan fingerprint density at radius 1 is 1.37 bits per heavy atom. The molecule has 0 atom stereocenters. The second-order valence-electron chi connectivity index (χ2n) is 4.27. The van der Waals surface area contributed by atoms with Crippen LogP contribution >= 0.6 is 11.6 Å². The summed E-state index contributed by atoms with van der Waals surface area (Å²) in [5.74, 6) is 0.508. The molecule has 3 rings (SSSR count). The highest BCUT2D eigenvalue weighted by Gasteiger charge is 2.26. The van der Waals surface area contributed by atoms with Gasteiger partial charge in [-0.3, -0.25) is 9.59 Å². The molecule has 0 spiro atoms. The highest BCUT2D eigenvalue weighted by Crippen LogP contribution is 2.40. The van der Waals surface area contributed by atoms with Crippen molar-refractivity contribution in [1.82, 2.24) is 10.2 Å². The number of hydrogen-bond acceptors (Lipinski definition) is 4. The van der Waals surface area contributed by atoms with Crippen LogP contribution in [0.3, 0.4) is 0 Å². The molecule has 1 aromatic carbocycles. The first-order valence-corrected chi connectivity index (χ1v) is 6.18. The minimum atomic E-state index is -0.241. The van der Waals surface area contributed by atoms with Crippen LogP contribution in [0.2, 0.25) is 5.02 Å². The topological polar surface area (TPSA) is 67.9 Å². The third-order valence-corrected chi connectivity index (χ3v) is 3.28. The summed E-state index contributed by atoms with van der Waals surface area (Å²) in [4.78, 5) is 25.1. The third kappa shape index (κ3) is 2.19. The molecule has 0 radical (unpaired) electrons. The van der Waals surface area contributed by atoms with Crippen LogP contribution in [0, 0.1) is 0 Å². The van der Waals surface area contributed by atoms with E-state index in [1.165, 1.54) is 11.0 Å². The maximum atomic E-state index is 12.3. The first kappa shape index (κ1) is 12.1. The number of fused-ring (bicyclic) bond motifs is 1. The quantitative estimate of drug-likeness (QED) is 0.821. The zero-order valence-electron chi connectivity index (χ0n) is 9.94. The molecule has 0 unspecified atom stereocenters. The molecule has 2 aliphatic heterocycles. The van der Waals surface area contributed by atoms with Crippen molar-refractivity contribution in [3.05, 3.63) is 22.7 Å². The van der Waals surface area contributed by atoms with E-state index in [4.69, 9.17) is 21.1 Å². The summed E-state index contributed by atoms with van der Waals surface area (Å²) in [5, 5.41) is 3.00. The Kier molecular flexibility index (Phi) is 2.94. The zero-order valence-corrected chi connectivity index (χ0v) is 10.7. The number of piperazine rings is 1. The number of nitrogens with one attached hydrogen (secondary N) is 1. The Morgan fingerprint density at radius 3 is 3.00 bits per heavy atom. The molecule has 1 fully saturated rings. The van der Waals surface area contributed by atoms with Crippen LogP contribution in [0.15, 0.2) is 12.1 Å². The molecule has 0 saturated carbocycles. The Labute approximate surface area is 114 Å². The zero-order chi connectivity index (χ0) is 13.4. The van der Waals surface area contributed by atoms with E-state index in [-0.39, 0.29) is 25.2 Å². The molecule has 2 aliphatic rings. The second kappa shape index (κ2) is 4.62. The number of carbonyl (C=O) groups excluding carboxylic acids is 2. The van der Waals surface area contributed by atoms with E-state index in [2.05, 4.69) is 5.32 Å². The maximum absolute atomic E-state index is 12.3. The van der Waals surface area contributed by atoms with Gasteiger partial charge in [0.25, 0.3) is 5.91 Å². The van der Waals surface area contributed by atoms with Crippen molar-refractivity contribution in [3.8, 4) is 11.5 Å². The molecule has 0 aromatic heterocycles. The van der Waals surface area contributed by atoms with Crippen LogP contribution in [0.25, 0.3) is 0 Å². The second-order valence-corrected chi connectivity index (χ2v) is 4.68. The van der Waals surface area contributed by atoms with Crippen molar-refractivity contribution < 1.29 is 19.1 Å². The molecule has 1 saturated heterocycles. The highest BCUT2D eigenvalue weighted by atomic mass is 35.5. The van der Waals surface area contributed by atoms with E-state index in [0.717, 1.165) is 0 Å². The third-order valence-electron chi connectivity index (χ3n) is 3.00. The van der Waals surface area contributed by atoms with Crippen LogP contribution in [0.5, 0.6) is 11.5 Å². The molecular formula is C12H11ClN2O4. The number of benzene rings is 1. The molecular weight excluding hydrogens is 272 g/mol. The van der Waals surface area contributed by atoms with Gasteiger partial charge in [-0.05, 0) is 12.1 Å². The largest absolute Gasteiger partial charge is 0.454 e. The molecule has 100 valence electrons. The first-order valence-electron chi connectivity index (χ1n) is 5.80. The lowest BCUT2D eigenvalue weighted by atomic mass is 10.1. The van der Waals surface area contributed by atoms with Gasteiger partial charge in [0.1, 0.15) is 0 Å². The van der Waals surface area contributed by atoms with E-state index in [0.29, 0.717) is 35.2 Å². The minimum Gasteiger partial charge on any atom is -0.454 e. The van der Waals surface area contributed by atoms with Gasteiger partial charge in [-0.15, -0.1) is 0 Å². The monoisotopic (exact) mass is 282 g/mol. The van der Waals surface area contributed by atoms with Crippen molar-refractivity contribution in [2.24, 2.45) is 0 Å². The van der Waals surface area contributed by atoms with Gasteiger partial charge in [0, 0.05) is 18.7 Å². The average molecular weight is 283 g/mol. The van der Waals surface area contributed by atoms with Gasteiger partial charge in [-0.1, -0.05) is 11.6 Å². The summed E-state index contributed by atoms with van der Waals surface area (Å²) in [6.07, 6.45) is 0. The lowest BCUT2D eigenvalue weighted by molar-refractivity contribution is -0.123. The van der Waals surface area contributed by atoms with Gasteiger partial charge in [-0.2, -0.15) is 0 Å². The van der Waals surface area contributed by atoms with E-state index in [1.807, 2.05) is 0 Å². The maximum Gasteiger partial charge on any atom is 0.254 e. The minimum absolute atomic E-state index is 0.0604. The van der Waals surface area contributed by atoms with Crippen molar-refractivity contribution >= 4 is 23.4 Å². The van der Waals surface area contributed by atoms with E-state index < -0.39 is 0 Å². The number of ether oxygens (including phenoxy) is 2. The molecule has 1 aromatic rings.